The van der Waals surface area contributed by atoms with Crippen LogP contribution >= 0.6 is 12.4 Å². The minimum atomic E-state index is -0.752. The van der Waals surface area contributed by atoms with Crippen LogP contribution in [-0.2, 0) is 23.7 Å². The number of fused-ring (bicyclic) bond motifs is 1. The summed E-state index contributed by atoms with van der Waals surface area (Å²) in [7, 11) is 1.61. The van der Waals surface area contributed by atoms with Crippen molar-refractivity contribution in [2.24, 2.45) is 5.92 Å². The van der Waals surface area contributed by atoms with Crippen molar-refractivity contribution in [3.8, 4) is 5.75 Å². The molecule has 0 bridgehead atoms. The van der Waals surface area contributed by atoms with Crippen LogP contribution in [0.5, 0.6) is 5.75 Å². The maximum Gasteiger partial charge on any atom is 0.411 e. The molecule has 1 aliphatic carbocycles. The van der Waals surface area contributed by atoms with Crippen LogP contribution in [0.15, 0.2) is 24.3 Å². The molecule has 1 unspecified atom stereocenters. The molecule has 9 heteroatoms. The van der Waals surface area contributed by atoms with Gasteiger partial charge in [0.05, 0.1) is 7.11 Å². The Labute approximate surface area is 246 Å². The van der Waals surface area contributed by atoms with Gasteiger partial charge in [-0.3, -0.25) is 5.32 Å². The highest BCUT2D eigenvalue weighted by Gasteiger charge is 2.58. The van der Waals surface area contributed by atoms with Gasteiger partial charge in [0.1, 0.15) is 30.2 Å². The number of amides is 1. The largest absolute Gasteiger partial charge is 0.497 e. The Hall–Kier alpha value is -1.58. The summed E-state index contributed by atoms with van der Waals surface area (Å²) in [5.74, 6) is 0.448. The van der Waals surface area contributed by atoms with Crippen molar-refractivity contribution in [3.63, 3.8) is 0 Å². The average Bonchev–Trinajstić information content (AvgIpc) is 3.26. The smallest absolute Gasteiger partial charge is 0.411 e. The van der Waals surface area contributed by atoms with Crippen LogP contribution < -0.4 is 10.1 Å². The first-order chi connectivity index (χ1) is 18.9. The normalized spacial score (nSPS) is 26.8. The number of halogens is 1. The predicted octanol–water partition coefficient (Wildman–Crippen LogP) is 7.63. The van der Waals surface area contributed by atoms with Gasteiger partial charge in [0, 0.05) is 12.3 Å². The maximum absolute atomic E-state index is 13.1. The molecule has 2 saturated heterocycles. The van der Waals surface area contributed by atoms with Crippen molar-refractivity contribution >= 4 is 24.2 Å². The van der Waals surface area contributed by atoms with Crippen molar-refractivity contribution in [2.45, 2.75) is 134 Å². The van der Waals surface area contributed by atoms with E-state index in [4.69, 9.17) is 28.4 Å². The van der Waals surface area contributed by atoms with E-state index in [1.54, 1.807) is 31.4 Å². The van der Waals surface area contributed by atoms with E-state index in [1.165, 1.54) is 44.9 Å². The highest BCUT2D eigenvalue weighted by Crippen LogP contribution is 2.42. The summed E-state index contributed by atoms with van der Waals surface area (Å²) >= 11 is 0. The van der Waals surface area contributed by atoms with Gasteiger partial charge in [0.2, 0.25) is 0 Å². The maximum atomic E-state index is 13.1. The first kappa shape index (κ1) is 32.9. The Kier molecular flexibility index (Phi) is 13.3. The van der Waals surface area contributed by atoms with Gasteiger partial charge in [-0.2, -0.15) is 0 Å². The van der Waals surface area contributed by atoms with Crippen LogP contribution in [0.2, 0.25) is 0 Å². The van der Waals surface area contributed by atoms with Gasteiger partial charge >= 0.3 is 6.09 Å². The molecule has 1 aromatic carbocycles. The van der Waals surface area contributed by atoms with Crippen LogP contribution in [0.25, 0.3) is 0 Å². The van der Waals surface area contributed by atoms with Gasteiger partial charge in [0.15, 0.2) is 12.1 Å². The van der Waals surface area contributed by atoms with Gasteiger partial charge in [-0.1, -0.05) is 71.1 Å². The summed E-state index contributed by atoms with van der Waals surface area (Å²) in [6.07, 6.45) is 11.1. The molecule has 0 spiro atoms. The molecule has 1 amide bonds. The van der Waals surface area contributed by atoms with Crippen LogP contribution in [-0.4, -0.2) is 56.3 Å². The van der Waals surface area contributed by atoms with Crippen molar-refractivity contribution in [1.29, 1.82) is 0 Å². The number of rotatable bonds is 13. The first-order valence-corrected chi connectivity index (χ1v) is 15.1. The SMILES string of the molecule is CCCCCCCO[C@H]1O[C@H](C(CC2CCCCCC2)OC(=O)Nc2ccc(OC)cc2)[C@@H]2OC(C)(C)O[C@H]12.Cl. The molecule has 3 fully saturated rings. The highest BCUT2D eigenvalue weighted by molar-refractivity contribution is 5.85. The number of carbonyl (C=O) groups excluding carboxylic acids is 1. The van der Waals surface area contributed by atoms with E-state index in [1.807, 2.05) is 13.8 Å². The molecule has 40 heavy (non-hydrogen) atoms. The lowest BCUT2D eigenvalue weighted by molar-refractivity contribution is -0.243. The fourth-order valence-corrected chi connectivity index (χ4v) is 6.07. The number of benzene rings is 1. The summed E-state index contributed by atoms with van der Waals surface area (Å²) in [5, 5.41) is 2.87. The van der Waals surface area contributed by atoms with Crippen LogP contribution in [0.4, 0.5) is 10.5 Å². The average molecular weight is 584 g/mol. The van der Waals surface area contributed by atoms with E-state index in [-0.39, 0.29) is 24.6 Å². The number of hydrogen-bond donors (Lipinski definition) is 1. The topological polar surface area (TPSA) is 84.5 Å². The Morgan fingerprint density at radius 1 is 1.00 bits per heavy atom. The number of nitrogens with one attached hydrogen (secondary N) is 1. The number of methoxy groups -OCH3 is 1. The third-order valence-corrected chi connectivity index (χ3v) is 8.08. The lowest BCUT2D eigenvalue weighted by Gasteiger charge is -2.31. The molecule has 4 rings (SSSR count). The summed E-state index contributed by atoms with van der Waals surface area (Å²) in [5.41, 5.74) is 0.644. The highest BCUT2D eigenvalue weighted by atomic mass is 35.5. The molecular formula is C31H50ClNO7. The minimum absolute atomic E-state index is 0. The molecule has 5 atom stereocenters. The zero-order valence-electron chi connectivity index (χ0n) is 24.7. The van der Waals surface area contributed by atoms with Crippen LogP contribution in [0.3, 0.4) is 0 Å². The Morgan fingerprint density at radius 2 is 1.68 bits per heavy atom. The third kappa shape index (κ3) is 9.48. The van der Waals surface area contributed by atoms with Crippen LogP contribution in [0, 0.1) is 5.92 Å². The Bertz CT molecular complexity index is 875. The molecule has 228 valence electrons. The summed E-state index contributed by atoms with van der Waals surface area (Å²) < 4.78 is 36.6. The molecule has 1 aromatic rings. The number of unbranched alkanes of at least 4 members (excludes halogenated alkanes) is 4. The Balaban J connectivity index is 0.00000441. The fourth-order valence-electron chi connectivity index (χ4n) is 6.07. The zero-order chi connectivity index (χ0) is 27.7. The second kappa shape index (κ2) is 16.2. The van der Waals surface area contributed by atoms with Gasteiger partial charge in [-0.05, 0) is 56.9 Å². The third-order valence-electron chi connectivity index (χ3n) is 8.08. The number of hydrogen-bond acceptors (Lipinski definition) is 7. The number of carbonyl (C=O) groups is 1. The monoisotopic (exact) mass is 583 g/mol. The molecule has 0 aromatic heterocycles. The lowest BCUT2D eigenvalue weighted by Crippen LogP contribution is -2.42. The molecule has 1 N–H and O–H groups in total. The molecule has 2 aliphatic heterocycles. The molecule has 0 radical (unpaired) electrons. The van der Waals surface area contributed by atoms with E-state index < -0.39 is 30.4 Å². The van der Waals surface area contributed by atoms with E-state index in [9.17, 15) is 4.79 Å². The summed E-state index contributed by atoms with van der Waals surface area (Å²) in [6, 6.07) is 7.20. The van der Waals surface area contributed by atoms with Gasteiger partial charge in [0.25, 0.3) is 0 Å². The quantitative estimate of drug-likeness (QED) is 0.189. The molecule has 2 heterocycles. The van der Waals surface area contributed by atoms with Gasteiger partial charge in [-0.15, -0.1) is 12.4 Å². The van der Waals surface area contributed by atoms with Crippen LogP contribution in [0.1, 0.15) is 97.8 Å². The van der Waals surface area contributed by atoms with Gasteiger partial charge in [-0.25, -0.2) is 4.79 Å². The van der Waals surface area contributed by atoms with Crippen molar-refractivity contribution in [2.75, 3.05) is 19.0 Å². The molecule has 8 nitrogen and oxygen atoms in total. The van der Waals surface area contributed by atoms with E-state index in [2.05, 4.69) is 12.2 Å². The van der Waals surface area contributed by atoms with Gasteiger partial charge < -0.3 is 28.4 Å². The minimum Gasteiger partial charge on any atom is -0.497 e. The van der Waals surface area contributed by atoms with E-state index >= 15 is 0 Å². The molecule has 1 saturated carbocycles. The van der Waals surface area contributed by atoms with Crippen molar-refractivity contribution in [3.05, 3.63) is 24.3 Å². The number of anilines is 1. The zero-order valence-corrected chi connectivity index (χ0v) is 25.5. The molecule has 3 aliphatic rings. The second-order valence-electron chi connectivity index (χ2n) is 11.7. The fraction of sp³-hybridized carbons (Fsp3) is 0.774. The van der Waals surface area contributed by atoms with Crippen molar-refractivity contribution < 1.29 is 33.2 Å². The Morgan fingerprint density at radius 3 is 2.35 bits per heavy atom. The van der Waals surface area contributed by atoms with E-state index in [0.29, 0.717) is 18.2 Å². The second-order valence-corrected chi connectivity index (χ2v) is 11.7. The standard InChI is InChI=1S/C31H49NO7.ClH/c1-5-6-7-10-13-20-35-29-28-27(38-31(2,3)39-28)26(37-29)25(21-22-14-11-8-9-12-15-22)36-30(33)32-23-16-18-24(34-4)19-17-23;/h16-19,22,25-29H,5-15,20-21H2,1-4H3,(H,32,33);1H/t25?,26-,27+,28+,29+;/m1./s1. The van der Waals surface area contributed by atoms with Crippen molar-refractivity contribution in [1.82, 2.24) is 0 Å². The summed E-state index contributed by atoms with van der Waals surface area (Å²) in [4.78, 5) is 13.1. The first-order valence-electron chi connectivity index (χ1n) is 15.1. The van der Waals surface area contributed by atoms with E-state index in [0.717, 1.165) is 37.9 Å². The predicted molar refractivity (Wildman–Crippen MR) is 157 cm³/mol. The number of ether oxygens (including phenoxy) is 6. The summed E-state index contributed by atoms with van der Waals surface area (Å²) in [6.45, 7) is 6.66. The molecular weight excluding hydrogens is 534 g/mol. The lowest BCUT2D eigenvalue weighted by atomic mass is 9.90.